The molecule has 0 spiro atoms. The van der Waals surface area contributed by atoms with Gasteiger partial charge in [0.2, 0.25) is 5.89 Å². The fraction of sp³-hybridized carbons (Fsp3) is 0.278. The van der Waals surface area contributed by atoms with Gasteiger partial charge in [-0.3, -0.25) is 14.7 Å². The second-order valence-electron chi connectivity index (χ2n) is 6.21. The van der Waals surface area contributed by atoms with Gasteiger partial charge in [-0.15, -0.1) is 0 Å². The Balaban J connectivity index is 1.56. The molecular formula is C18H18N4O2S. The fourth-order valence-corrected chi connectivity index (χ4v) is 3.35. The van der Waals surface area contributed by atoms with Crippen LogP contribution in [0, 0.1) is 11.7 Å². The molecule has 0 unspecified atom stereocenters. The van der Waals surface area contributed by atoms with Crippen LogP contribution in [0.2, 0.25) is 0 Å². The third-order valence-corrected chi connectivity index (χ3v) is 4.68. The van der Waals surface area contributed by atoms with Gasteiger partial charge in [-0.05, 0) is 31.3 Å². The first-order valence-electron chi connectivity index (χ1n) is 8.18. The maximum Gasteiger partial charge on any atom is 0.256 e. The number of fused-ring (bicyclic) bond motifs is 1. The monoisotopic (exact) mass is 354 g/mol. The number of hydrogen-bond donors (Lipinski definition) is 2. The predicted octanol–water partition coefficient (Wildman–Crippen LogP) is 2.95. The van der Waals surface area contributed by atoms with E-state index in [0.717, 1.165) is 41.2 Å². The summed E-state index contributed by atoms with van der Waals surface area (Å²) >= 11 is 5.04. The zero-order chi connectivity index (χ0) is 17.4. The SMILES string of the molecule is Cc1oc(-c2ccccc2)nc1CN1CCc2[nH]c(=S)[nH]c(=O)c2C1. The van der Waals surface area contributed by atoms with Crippen molar-refractivity contribution in [2.45, 2.75) is 26.4 Å². The van der Waals surface area contributed by atoms with Gasteiger partial charge in [0.25, 0.3) is 5.56 Å². The molecule has 3 heterocycles. The molecule has 1 aromatic carbocycles. The van der Waals surface area contributed by atoms with E-state index in [4.69, 9.17) is 16.6 Å². The van der Waals surface area contributed by atoms with Gasteiger partial charge in [0, 0.05) is 37.3 Å². The third-order valence-electron chi connectivity index (χ3n) is 4.48. The minimum atomic E-state index is -0.106. The Morgan fingerprint density at radius 3 is 2.88 bits per heavy atom. The third kappa shape index (κ3) is 3.20. The Morgan fingerprint density at radius 1 is 1.28 bits per heavy atom. The van der Waals surface area contributed by atoms with Crippen LogP contribution in [0.4, 0.5) is 0 Å². The van der Waals surface area contributed by atoms with Gasteiger partial charge in [-0.25, -0.2) is 4.98 Å². The largest absolute Gasteiger partial charge is 0.441 e. The van der Waals surface area contributed by atoms with Crippen LogP contribution in [0.25, 0.3) is 11.5 Å². The second-order valence-corrected chi connectivity index (χ2v) is 6.62. The zero-order valence-corrected chi connectivity index (χ0v) is 14.7. The van der Waals surface area contributed by atoms with Gasteiger partial charge in [0.05, 0.1) is 11.3 Å². The average molecular weight is 354 g/mol. The Labute approximate surface area is 149 Å². The van der Waals surface area contributed by atoms with Gasteiger partial charge in [0.1, 0.15) is 5.76 Å². The van der Waals surface area contributed by atoms with Gasteiger partial charge in [-0.2, -0.15) is 0 Å². The van der Waals surface area contributed by atoms with Gasteiger partial charge < -0.3 is 9.40 Å². The maximum atomic E-state index is 12.1. The lowest BCUT2D eigenvalue weighted by Gasteiger charge is -2.27. The number of aromatic amines is 2. The summed E-state index contributed by atoms with van der Waals surface area (Å²) in [7, 11) is 0. The predicted molar refractivity (Wildman–Crippen MR) is 96.7 cm³/mol. The first-order valence-corrected chi connectivity index (χ1v) is 8.59. The Kier molecular flexibility index (Phi) is 4.10. The normalized spacial score (nSPS) is 14.4. The number of nitrogens with zero attached hydrogens (tertiary/aromatic N) is 2. The maximum absolute atomic E-state index is 12.1. The highest BCUT2D eigenvalue weighted by atomic mass is 32.1. The van der Waals surface area contributed by atoms with Crippen LogP contribution in [0.3, 0.4) is 0 Å². The first kappa shape index (κ1) is 16.0. The Bertz CT molecular complexity index is 1020. The molecule has 1 aliphatic heterocycles. The summed E-state index contributed by atoms with van der Waals surface area (Å²) in [5.41, 5.74) is 3.45. The van der Waals surface area contributed by atoms with Crippen molar-refractivity contribution in [2.24, 2.45) is 0 Å². The number of benzene rings is 1. The molecule has 0 aliphatic carbocycles. The van der Waals surface area contributed by atoms with E-state index in [0.29, 0.717) is 23.8 Å². The molecule has 25 heavy (non-hydrogen) atoms. The summed E-state index contributed by atoms with van der Waals surface area (Å²) in [6.07, 6.45) is 0.769. The van der Waals surface area contributed by atoms with Gasteiger partial charge in [-0.1, -0.05) is 18.2 Å². The van der Waals surface area contributed by atoms with Crippen LogP contribution in [-0.2, 0) is 19.5 Å². The summed E-state index contributed by atoms with van der Waals surface area (Å²) in [5, 5.41) is 0. The number of rotatable bonds is 3. The van der Waals surface area contributed by atoms with Crippen LogP contribution in [-0.4, -0.2) is 26.4 Å². The molecule has 0 saturated carbocycles. The summed E-state index contributed by atoms with van der Waals surface area (Å²) in [6, 6.07) is 9.86. The van der Waals surface area contributed by atoms with Crippen molar-refractivity contribution in [3.63, 3.8) is 0 Å². The molecule has 0 saturated heterocycles. The molecule has 128 valence electrons. The quantitative estimate of drug-likeness (QED) is 0.707. The lowest BCUT2D eigenvalue weighted by Crippen LogP contribution is -2.35. The van der Waals surface area contributed by atoms with Crippen LogP contribution >= 0.6 is 12.2 Å². The number of oxazole rings is 1. The van der Waals surface area contributed by atoms with E-state index >= 15 is 0 Å². The smallest absolute Gasteiger partial charge is 0.256 e. The molecule has 1 aliphatic rings. The van der Waals surface area contributed by atoms with E-state index in [1.807, 2.05) is 37.3 Å². The minimum absolute atomic E-state index is 0.106. The van der Waals surface area contributed by atoms with Gasteiger partial charge >= 0.3 is 0 Å². The molecule has 2 aromatic heterocycles. The average Bonchev–Trinajstić information content (AvgIpc) is 2.97. The standard InChI is InChI=1S/C18H18N4O2S/c1-11-15(19-17(24-11)12-5-3-2-4-6-12)10-22-8-7-14-13(9-22)16(23)21-18(25)20-14/h2-6H,7-10H2,1H3,(H2,20,21,23,25). The molecule has 0 amide bonds. The number of aromatic nitrogens is 3. The van der Waals surface area contributed by atoms with Crippen molar-refractivity contribution in [1.29, 1.82) is 0 Å². The van der Waals surface area contributed by atoms with Crippen LogP contribution in [0.15, 0.2) is 39.5 Å². The van der Waals surface area contributed by atoms with Crippen molar-refractivity contribution in [1.82, 2.24) is 19.9 Å². The lowest BCUT2D eigenvalue weighted by atomic mass is 10.1. The number of nitrogens with one attached hydrogen (secondary N) is 2. The molecule has 0 radical (unpaired) electrons. The van der Waals surface area contributed by atoms with Crippen LogP contribution in [0.5, 0.6) is 0 Å². The lowest BCUT2D eigenvalue weighted by molar-refractivity contribution is 0.238. The van der Waals surface area contributed by atoms with E-state index in [2.05, 4.69) is 19.9 Å². The van der Waals surface area contributed by atoms with Crippen molar-refractivity contribution in [3.05, 3.63) is 68.2 Å². The van der Waals surface area contributed by atoms with Crippen LogP contribution in [0.1, 0.15) is 22.7 Å². The molecule has 6 nitrogen and oxygen atoms in total. The fourth-order valence-electron chi connectivity index (χ4n) is 3.14. The number of H-pyrrole nitrogens is 2. The van der Waals surface area contributed by atoms with Crippen LogP contribution < -0.4 is 5.56 Å². The molecule has 0 bridgehead atoms. The molecule has 4 rings (SSSR count). The van der Waals surface area contributed by atoms with Crippen molar-refractivity contribution >= 4 is 12.2 Å². The molecule has 0 atom stereocenters. The summed E-state index contributed by atoms with van der Waals surface area (Å²) < 4.78 is 6.21. The number of aryl methyl sites for hydroxylation is 1. The molecule has 7 heteroatoms. The second kappa shape index (κ2) is 6.42. The Morgan fingerprint density at radius 2 is 2.08 bits per heavy atom. The van der Waals surface area contributed by atoms with E-state index in [1.165, 1.54) is 0 Å². The van der Waals surface area contributed by atoms with E-state index in [9.17, 15) is 4.79 Å². The minimum Gasteiger partial charge on any atom is -0.441 e. The van der Waals surface area contributed by atoms with E-state index in [1.54, 1.807) is 0 Å². The van der Waals surface area contributed by atoms with E-state index in [-0.39, 0.29) is 5.56 Å². The van der Waals surface area contributed by atoms with Crippen molar-refractivity contribution in [2.75, 3.05) is 6.54 Å². The molecule has 0 fully saturated rings. The van der Waals surface area contributed by atoms with Crippen molar-refractivity contribution < 1.29 is 4.42 Å². The zero-order valence-electron chi connectivity index (χ0n) is 13.8. The highest BCUT2D eigenvalue weighted by molar-refractivity contribution is 7.71. The van der Waals surface area contributed by atoms with Gasteiger partial charge in [0.15, 0.2) is 4.77 Å². The topological polar surface area (TPSA) is 77.9 Å². The highest BCUT2D eigenvalue weighted by Gasteiger charge is 2.22. The Hall–Kier alpha value is -2.51. The van der Waals surface area contributed by atoms with E-state index < -0.39 is 0 Å². The summed E-state index contributed by atoms with van der Waals surface area (Å²) in [6.45, 7) is 3.99. The summed E-state index contributed by atoms with van der Waals surface area (Å²) in [5.74, 6) is 1.44. The van der Waals surface area contributed by atoms with Crippen molar-refractivity contribution in [3.8, 4) is 11.5 Å². The first-order chi connectivity index (χ1) is 12.1. The molecular weight excluding hydrogens is 336 g/mol. The molecule has 2 N–H and O–H groups in total. The summed E-state index contributed by atoms with van der Waals surface area (Å²) in [4.78, 5) is 24.7. The highest BCUT2D eigenvalue weighted by Crippen LogP contribution is 2.23. The molecule has 3 aromatic rings. The number of hydrogen-bond acceptors (Lipinski definition) is 5.